The summed E-state index contributed by atoms with van der Waals surface area (Å²) in [6.07, 6.45) is 3.30. The Morgan fingerprint density at radius 1 is 1.25 bits per heavy atom. The minimum absolute atomic E-state index is 0.438. The maximum atomic E-state index is 8.96. The third-order valence-corrected chi connectivity index (χ3v) is 2.83. The van der Waals surface area contributed by atoms with Gasteiger partial charge in [0.1, 0.15) is 0 Å². The Bertz CT molecular complexity index is 387. The smallest absolute Gasteiger partial charge is 0.185 e. The summed E-state index contributed by atoms with van der Waals surface area (Å²) in [7, 11) is -1.65. The van der Waals surface area contributed by atoms with E-state index in [-0.39, 0.29) is 0 Å². The number of hydrogen-bond acceptors (Lipinski definition) is 2. The van der Waals surface area contributed by atoms with E-state index in [1.54, 1.807) is 0 Å². The molecule has 0 bridgehead atoms. The van der Waals surface area contributed by atoms with E-state index >= 15 is 0 Å². The monoisotopic (exact) mass is 231 g/mol. The van der Waals surface area contributed by atoms with Crippen LogP contribution in [0.1, 0.15) is 5.56 Å². The van der Waals surface area contributed by atoms with E-state index in [0.717, 1.165) is 5.56 Å². The summed E-state index contributed by atoms with van der Waals surface area (Å²) in [5.41, 5.74) is 1.09. The lowest BCUT2D eigenvalue weighted by Crippen LogP contribution is -2.30. The molecule has 1 atom stereocenters. The SMILES string of the molecule is C[Si](C)(C)O[C@@H](C#N)/C=C/c1ccccc1. The Morgan fingerprint density at radius 2 is 1.88 bits per heavy atom. The Balaban J connectivity index is 2.65. The lowest BCUT2D eigenvalue weighted by Gasteiger charge is -2.19. The quantitative estimate of drug-likeness (QED) is 0.744. The van der Waals surface area contributed by atoms with Crippen LogP contribution in [0.25, 0.3) is 6.08 Å². The van der Waals surface area contributed by atoms with Crippen LogP contribution in [0, 0.1) is 11.3 Å². The Kier molecular flexibility index (Phi) is 4.48. The number of benzene rings is 1. The summed E-state index contributed by atoms with van der Waals surface area (Å²) in [6, 6.07) is 12.1. The average Bonchev–Trinajstić information content (AvgIpc) is 2.24. The molecule has 0 N–H and O–H groups in total. The molecule has 0 heterocycles. The van der Waals surface area contributed by atoms with Crippen molar-refractivity contribution in [3.05, 3.63) is 42.0 Å². The van der Waals surface area contributed by atoms with Crippen molar-refractivity contribution in [2.45, 2.75) is 25.7 Å². The van der Waals surface area contributed by atoms with Crippen LogP contribution in [0.3, 0.4) is 0 Å². The summed E-state index contributed by atoms with van der Waals surface area (Å²) in [5.74, 6) is 0. The third kappa shape index (κ3) is 4.92. The zero-order chi connectivity index (χ0) is 12.0. The van der Waals surface area contributed by atoms with E-state index in [1.165, 1.54) is 0 Å². The van der Waals surface area contributed by atoms with Gasteiger partial charge in [-0.05, 0) is 31.3 Å². The van der Waals surface area contributed by atoms with Crippen molar-refractivity contribution in [1.29, 1.82) is 5.26 Å². The fourth-order valence-corrected chi connectivity index (χ4v) is 2.15. The van der Waals surface area contributed by atoms with Crippen molar-refractivity contribution in [3.8, 4) is 6.07 Å². The molecule has 0 fully saturated rings. The van der Waals surface area contributed by atoms with Crippen molar-refractivity contribution >= 4 is 14.4 Å². The molecule has 0 radical (unpaired) electrons. The van der Waals surface area contributed by atoms with Gasteiger partial charge in [0.05, 0.1) is 6.07 Å². The highest BCUT2D eigenvalue weighted by molar-refractivity contribution is 6.69. The molecule has 2 nitrogen and oxygen atoms in total. The molecule has 1 aromatic carbocycles. The van der Waals surface area contributed by atoms with Gasteiger partial charge in [-0.2, -0.15) is 5.26 Å². The highest BCUT2D eigenvalue weighted by atomic mass is 28.4. The lowest BCUT2D eigenvalue weighted by molar-refractivity contribution is 0.297. The molecule has 0 saturated carbocycles. The summed E-state index contributed by atoms with van der Waals surface area (Å²) < 4.78 is 5.70. The molecule has 84 valence electrons. The highest BCUT2D eigenvalue weighted by Gasteiger charge is 2.18. The minimum atomic E-state index is -1.65. The van der Waals surface area contributed by atoms with Crippen molar-refractivity contribution < 1.29 is 4.43 Å². The predicted octanol–water partition coefficient (Wildman–Crippen LogP) is 3.44. The molecule has 3 heteroatoms. The second kappa shape index (κ2) is 5.64. The molecule has 0 aliphatic carbocycles. The van der Waals surface area contributed by atoms with E-state index < -0.39 is 14.4 Å². The van der Waals surface area contributed by atoms with Crippen molar-refractivity contribution in [3.63, 3.8) is 0 Å². The Hall–Kier alpha value is -1.37. The molecular formula is C13H17NOSi. The molecule has 0 amide bonds. The second-order valence-corrected chi connectivity index (χ2v) is 9.01. The van der Waals surface area contributed by atoms with Gasteiger partial charge < -0.3 is 4.43 Å². The zero-order valence-corrected chi connectivity index (χ0v) is 11.0. The molecule has 0 unspecified atom stereocenters. The molecule has 16 heavy (non-hydrogen) atoms. The first-order chi connectivity index (χ1) is 7.51. The van der Waals surface area contributed by atoms with Gasteiger partial charge in [0, 0.05) is 0 Å². The second-order valence-electron chi connectivity index (χ2n) is 4.55. The summed E-state index contributed by atoms with van der Waals surface area (Å²) in [4.78, 5) is 0. The van der Waals surface area contributed by atoms with Crippen LogP contribution in [-0.4, -0.2) is 14.4 Å². The van der Waals surface area contributed by atoms with E-state index in [2.05, 4.69) is 25.7 Å². The molecule has 1 rings (SSSR count). The van der Waals surface area contributed by atoms with E-state index in [9.17, 15) is 0 Å². The highest BCUT2D eigenvalue weighted by Crippen LogP contribution is 2.09. The fourth-order valence-electron chi connectivity index (χ4n) is 1.25. The van der Waals surface area contributed by atoms with Gasteiger partial charge in [-0.15, -0.1) is 0 Å². The van der Waals surface area contributed by atoms with Gasteiger partial charge in [-0.25, -0.2) is 0 Å². The van der Waals surface area contributed by atoms with Crippen LogP contribution >= 0.6 is 0 Å². The van der Waals surface area contributed by atoms with Gasteiger partial charge in [0.25, 0.3) is 0 Å². The largest absolute Gasteiger partial charge is 0.399 e. The number of nitriles is 1. The lowest BCUT2D eigenvalue weighted by atomic mass is 10.2. The fraction of sp³-hybridized carbons (Fsp3) is 0.308. The molecular weight excluding hydrogens is 214 g/mol. The van der Waals surface area contributed by atoms with Gasteiger partial charge in [0.15, 0.2) is 14.4 Å². The normalized spacial score (nSPS) is 13.6. The predicted molar refractivity (Wildman–Crippen MR) is 69.3 cm³/mol. The summed E-state index contributed by atoms with van der Waals surface area (Å²) in [6.45, 7) is 6.23. The van der Waals surface area contributed by atoms with Crippen LogP contribution in [-0.2, 0) is 4.43 Å². The standard InChI is InChI=1S/C13H17NOSi/c1-16(2,3)15-13(11-14)10-9-12-7-5-4-6-8-12/h4-10,13H,1-3H3/b10-9+/t13-/m1/s1. The maximum Gasteiger partial charge on any atom is 0.185 e. The van der Waals surface area contributed by atoms with Crippen LogP contribution in [0.2, 0.25) is 19.6 Å². The van der Waals surface area contributed by atoms with Crippen LogP contribution in [0.4, 0.5) is 0 Å². The molecule has 0 aliphatic rings. The van der Waals surface area contributed by atoms with Gasteiger partial charge in [-0.3, -0.25) is 0 Å². The van der Waals surface area contributed by atoms with Gasteiger partial charge in [0.2, 0.25) is 0 Å². The topological polar surface area (TPSA) is 33.0 Å². The first kappa shape index (κ1) is 12.7. The third-order valence-electron chi connectivity index (χ3n) is 1.87. The van der Waals surface area contributed by atoms with Crippen molar-refractivity contribution in [1.82, 2.24) is 0 Å². The summed E-state index contributed by atoms with van der Waals surface area (Å²) in [5, 5.41) is 8.96. The van der Waals surface area contributed by atoms with E-state index in [1.807, 2.05) is 42.5 Å². The van der Waals surface area contributed by atoms with Gasteiger partial charge in [-0.1, -0.05) is 36.4 Å². The zero-order valence-electron chi connectivity index (χ0n) is 9.97. The number of nitrogens with zero attached hydrogens (tertiary/aromatic N) is 1. The molecule has 0 aromatic heterocycles. The Labute approximate surface area is 98.3 Å². The number of rotatable bonds is 4. The Morgan fingerprint density at radius 3 is 2.38 bits per heavy atom. The van der Waals surface area contributed by atoms with Crippen LogP contribution in [0.15, 0.2) is 36.4 Å². The first-order valence-electron chi connectivity index (χ1n) is 5.32. The van der Waals surface area contributed by atoms with Crippen molar-refractivity contribution in [2.24, 2.45) is 0 Å². The van der Waals surface area contributed by atoms with Crippen LogP contribution < -0.4 is 0 Å². The van der Waals surface area contributed by atoms with Crippen molar-refractivity contribution in [2.75, 3.05) is 0 Å². The molecule has 1 aromatic rings. The van der Waals surface area contributed by atoms with E-state index in [4.69, 9.17) is 9.69 Å². The minimum Gasteiger partial charge on any atom is -0.399 e. The molecule has 0 aliphatic heterocycles. The van der Waals surface area contributed by atoms with Gasteiger partial charge >= 0.3 is 0 Å². The van der Waals surface area contributed by atoms with E-state index in [0.29, 0.717) is 0 Å². The number of hydrogen-bond donors (Lipinski definition) is 0. The average molecular weight is 231 g/mol. The summed E-state index contributed by atoms with van der Waals surface area (Å²) >= 11 is 0. The molecule has 0 saturated heterocycles. The first-order valence-corrected chi connectivity index (χ1v) is 8.73. The maximum absolute atomic E-state index is 8.96. The molecule has 0 spiro atoms. The van der Waals surface area contributed by atoms with Crippen LogP contribution in [0.5, 0.6) is 0 Å².